The summed E-state index contributed by atoms with van der Waals surface area (Å²) < 4.78 is 15.9. The van der Waals surface area contributed by atoms with Gasteiger partial charge >= 0.3 is 5.97 Å². The van der Waals surface area contributed by atoms with Crippen LogP contribution in [0.3, 0.4) is 0 Å². The Morgan fingerprint density at radius 1 is 1.58 bits per heavy atom. The van der Waals surface area contributed by atoms with E-state index in [0.717, 1.165) is 6.42 Å². The number of nitrogens with one attached hydrogen (secondary N) is 1. The van der Waals surface area contributed by atoms with Crippen LogP contribution in [0.15, 0.2) is 6.20 Å². The average molecular weight is 285 g/mol. The third-order valence-corrected chi connectivity index (χ3v) is 4.09. The van der Waals surface area contributed by atoms with Crippen molar-refractivity contribution in [3.05, 3.63) is 17.6 Å². The summed E-state index contributed by atoms with van der Waals surface area (Å²) in [5.74, 6) is 0.547. The molecule has 2 atom stereocenters. The number of hydrogen-bond acceptors (Lipinski definition) is 6. The van der Waals surface area contributed by atoms with Gasteiger partial charge in [0, 0.05) is 35.0 Å². The number of methoxy groups -OCH3 is 1. The van der Waals surface area contributed by atoms with E-state index in [9.17, 15) is 9.00 Å². The predicted molar refractivity (Wildman–Crippen MR) is 74.7 cm³/mol. The number of ether oxygens (including phenoxy) is 1. The average Bonchev–Trinajstić information content (AvgIpc) is 2.37. The van der Waals surface area contributed by atoms with Crippen LogP contribution in [0.25, 0.3) is 0 Å². The Balaban J connectivity index is 2.73. The lowest BCUT2D eigenvalue weighted by Crippen LogP contribution is -2.17. The van der Waals surface area contributed by atoms with Gasteiger partial charge in [0.05, 0.1) is 7.11 Å². The molecule has 1 N–H and O–H groups in total. The number of hydrogen-bond donors (Lipinski definition) is 1. The number of esters is 1. The minimum Gasteiger partial charge on any atom is -0.465 e. The van der Waals surface area contributed by atoms with E-state index in [1.54, 1.807) is 13.2 Å². The number of aryl methyl sites for hydroxylation is 1. The lowest BCUT2D eigenvalue weighted by molar-refractivity contribution is 0.0601. The van der Waals surface area contributed by atoms with Gasteiger partial charge < -0.3 is 10.1 Å². The van der Waals surface area contributed by atoms with E-state index in [-0.39, 0.29) is 5.25 Å². The molecule has 7 heteroatoms. The number of carbonyl (C=O) groups excluding carboxylic acids is 1. The molecule has 0 amide bonds. The summed E-state index contributed by atoms with van der Waals surface area (Å²) >= 11 is 0. The zero-order valence-corrected chi connectivity index (χ0v) is 12.4. The molecule has 0 saturated carbocycles. The molecule has 1 heterocycles. The maximum absolute atomic E-state index is 11.6. The second kappa shape index (κ2) is 7.18. The first-order chi connectivity index (χ1) is 8.95. The number of rotatable bonds is 6. The van der Waals surface area contributed by atoms with E-state index < -0.39 is 16.8 Å². The molecular weight excluding hydrogens is 266 g/mol. The van der Waals surface area contributed by atoms with Gasteiger partial charge in [0.15, 0.2) is 0 Å². The normalized spacial score (nSPS) is 13.7. The van der Waals surface area contributed by atoms with Crippen LogP contribution in [0.1, 0.15) is 29.5 Å². The van der Waals surface area contributed by atoms with Gasteiger partial charge in [-0.2, -0.15) is 0 Å². The van der Waals surface area contributed by atoms with Crippen molar-refractivity contribution in [3.8, 4) is 0 Å². The molecular formula is C12H19N3O3S. The lowest BCUT2D eigenvalue weighted by atomic mass is 10.3. The molecule has 1 aromatic rings. The molecule has 0 saturated heterocycles. The molecule has 6 nitrogen and oxygen atoms in total. The summed E-state index contributed by atoms with van der Waals surface area (Å²) in [7, 11) is 0.461. The number of anilines is 1. The first-order valence-corrected chi connectivity index (χ1v) is 7.56. The molecule has 0 aliphatic heterocycles. The fourth-order valence-corrected chi connectivity index (χ4v) is 1.87. The lowest BCUT2D eigenvalue weighted by Gasteiger charge is -2.12. The smallest absolute Gasteiger partial charge is 0.343 e. The van der Waals surface area contributed by atoms with Crippen LogP contribution in [0.4, 0.5) is 5.82 Å². The Morgan fingerprint density at radius 3 is 2.84 bits per heavy atom. The van der Waals surface area contributed by atoms with Crippen molar-refractivity contribution in [3.63, 3.8) is 0 Å². The Bertz CT molecular complexity index is 479. The Labute approximate surface area is 115 Å². The van der Waals surface area contributed by atoms with Crippen molar-refractivity contribution >= 4 is 22.6 Å². The Kier molecular flexibility index (Phi) is 5.88. The van der Waals surface area contributed by atoms with Crippen LogP contribution in [-0.2, 0) is 15.5 Å². The molecule has 0 spiro atoms. The van der Waals surface area contributed by atoms with Crippen LogP contribution in [0.5, 0.6) is 0 Å². The van der Waals surface area contributed by atoms with Gasteiger partial charge in [-0.1, -0.05) is 6.92 Å². The zero-order chi connectivity index (χ0) is 14.4. The summed E-state index contributed by atoms with van der Waals surface area (Å²) in [4.78, 5) is 19.7. The Hall–Kier alpha value is -1.50. The quantitative estimate of drug-likeness (QED) is 0.789. The molecule has 0 bridgehead atoms. The van der Waals surface area contributed by atoms with Gasteiger partial charge in [-0.25, -0.2) is 14.8 Å². The van der Waals surface area contributed by atoms with E-state index in [0.29, 0.717) is 23.8 Å². The van der Waals surface area contributed by atoms with Crippen LogP contribution < -0.4 is 5.32 Å². The predicted octanol–water partition coefficient (Wildman–Crippen LogP) is 1.14. The van der Waals surface area contributed by atoms with E-state index >= 15 is 0 Å². The van der Waals surface area contributed by atoms with Crippen LogP contribution in [0, 0.1) is 6.92 Å². The van der Waals surface area contributed by atoms with Gasteiger partial charge in [-0.3, -0.25) is 4.21 Å². The first kappa shape index (κ1) is 15.6. The van der Waals surface area contributed by atoms with E-state index in [2.05, 4.69) is 20.0 Å². The molecule has 1 aromatic heterocycles. The molecule has 0 radical (unpaired) electrons. The highest BCUT2D eigenvalue weighted by Crippen LogP contribution is 2.13. The number of nitrogens with zero attached hydrogens (tertiary/aromatic N) is 2. The third-order valence-electron chi connectivity index (χ3n) is 2.72. The van der Waals surface area contributed by atoms with E-state index in [1.807, 2.05) is 6.92 Å². The summed E-state index contributed by atoms with van der Waals surface area (Å²) in [6, 6.07) is 0. The highest BCUT2D eigenvalue weighted by Gasteiger charge is 2.14. The Morgan fingerprint density at radius 2 is 2.26 bits per heavy atom. The molecule has 2 unspecified atom stereocenters. The maximum Gasteiger partial charge on any atom is 0.343 e. The zero-order valence-electron chi connectivity index (χ0n) is 11.6. The highest BCUT2D eigenvalue weighted by molar-refractivity contribution is 7.84. The summed E-state index contributed by atoms with van der Waals surface area (Å²) in [5, 5.41) is 3.16. The van der Waals surface area contributed by atoms with Crippen molar-refractivity contribution in [2.24, 2.45) is 0 Å². The molecule has 19 heavy (non-hydrogen) atoms. The molecule has 106 valence electrons. The number of aromatic nitrogens is 2. The third kappa shape index (κ3) is 4.59. The van der Waals surface area contributed by atoms with Gasteiger partial charge in [-0.15, -0.1) is 0 Å². The minimum absolute atomic E-state index is 0.0945. The minimum atomic E-state index is -0.853. The largest absolute Gasteiger partial charge is 0.465 e. The fourth-order valence-electron chi connectivity index (χ4n) is 1.42. The van der Waals surface area contributed by atoms with Gasteiger partial charge in [0.25, 0.3) is 0 Å². The van der Waals surface area contributed by atoms with Crippen molar-refractivity contribution in [2.45, 2.75) is 25.5 Å². The summed E-state index contributed by atoms with van der Waals surface area (Å²) in [5.41, 5.74) is 0.304. The fraction of sp³-hybridized carbons (Fsp3) is 0.583. The number of carbonyl (C=O) groups is 1. The highest BCUT2D eigenvalue weighted by atomic mass is 32.2. The standard InChI is InChI=1S/C12H19N3O3S/c1-8(19(4)17)5-6-13-11-10(12(16)18-3)7-14-9(2)15-11/h7-8H,5-6H2,1-4H3,(H,13,14,15). The monoisotopic (exact) mass is 285 g/mol. The van der Waals surface area contributed by atoms with Gasteiger partial charge in [0.2, 0.25) is 0 Å². The van der Waals surface area contributed by atoms with E-state index in [1.165, 1.54) is 13.3 Å². The molecule has 0 aliphatic rings. The van der Waals surface area contributed by atoms with E-state index in [4.69, 9.17) is 0 Å². The van der Waals surface area contributed by atoms with Gasteiger partial charge in [-0.05, 0) is 13.3 Å². The topological polar surface area (TPSA) is 81.2 Å². The molecule has 1 rings (SSSR count). The first-order valence-electron chi connectivity index (χ1n) is 5.93. The second-order valence-electron chi connectivity index (χ2n) is 4.20. The van der Waals surface area contributed by atoms with Crippen molar-refractivity contribution in [1.82, 2.24) is 9.97 Å². The summed E-state index contributed by atoms with van der Waals surface area (Å²) in [6.07, 6.45) is 3.85. The van der Waals surface area contributed by atoms with Crippen molar-refractivity contribution in [2.75, 3.05) is 25.2 Å². The summed E-state index contributed by atoms with van der Waals surface area (Å²) in [6.45, 7) is 4.25. The van der Waals surface area contributed by atoms with Crippen molar-refractivity contribution < 1.29 is 13.7 Å². The van der Waals surface area contributed by atoms with Crippen LogP contribution in [-0.4, -0.2) is 45.3 Å². The SMILES string of the molecule is COC(=O)c1cnc(C)nc1NCCC(C)S(C)=O. The molecule has 0 fully saturated rings. The maximum atomic E-state index is 11.6. The van der Waals surface area contributed by atoms with Crippen LogP contribution >= 0.6 is 0 Å². The van der Waals surface area contributed by atoms with Crippen molar-refractivity contribution in [1.29, 1.82) is 0 Å². The molecule has 0 aromatic carbocycles. The van der Waals surface area contributed by atoms with Crippen LogP contribution in [0.2, 0.25) is 0 Å². The second-order valence-corrected chi connectivity index (χ2v) is 6.00. The van der Waals surface area contributed by atoms with Gasteiger partial charge in [0.1, 0.15) is 17.2 Å². The molecule has 0 aliphatic carbocycles.